The molecule has 13 nitrogen and oxygen atoms in total. The van der Waals surface area contributed by atoms with Crippen LogP contribution >= 0.6 is 23.5 Å². The molecule has 0 aromatic heterocycles. The van der Waals surface area contributed by atoms with Crippen molar-refractivity contribution in [3.05, 3.63) is 0 Å². The molecule has 0 bridgehead atoms. The Morgan fingerprint density at radius 1 is 1.13 bits per heavy atom. The van der Waals surface area contributed by atoms with Gasteiger partial charge in [0.15, 0.2) is 0 Å². The van der Waals surface area contributed by atoms with Gasteiger partial charge in [0.25, 0.3) is 15.6 Å². The molecule has 0 saturated carbocycles. The molecule has 7 atom stereocenters. The maximum atomic E-state index is 11.4. The predicted molar refractivity (Wildman–Crippen MR) is 66.6 cm³/mol. The Kier molecular flexibility index (Phi) is 7.18. The lowest BCUT2D eigenvalue weighted by atomic mass is 9.93. The number of phosphoric acid groups is 3. The zero-order valence-electron chi connectivity index (χ0n) is 11.4. The molecule has 3 N–H and O–H groups in total. The van der Waals surface area contributed by atoms with Crippen molar-refractivity contribution in [3.63, 3.8) is 0 Å². The number of aliphatic hydroxyl groups excluding tert-OH is 2. The largest absolute Gasteiger partial charge is 0.756 e. The highest BCUT2D eigenvalue weighted by Gasteiger charge is 2.41. The van der Waals surface area contributed by atoms with Gasteiger partial charge < -0.3 is 34.2 Å². The molecule has 5 unspecified atom stereocenters. The van der Waals surface area contributed by atoms with E-state index in [4.69, 9.17) is 12.6 Å². The van der Waals surface area contributed by atoms with Gasteiger partial charge in [0.2, 0.25) is 0 Å². The molecule has 1 rings (SSSR count). The summed E-state index contributed by atoms with van der Waals surface area (Å²) < 4.78 is 53.1. The third-order valence-electron chi connectivity index (χ3n) is 2.43. The number of hydrogen-bond donors (Lipinski definition) is 3. The molecule has 0 spiro atoms. The summed E-state index contributed by atoms with van der Waals surface area (Å²) in [4.78, 5) is 31.2. The van der Waals surface area contributed by atoms with Crippen LogP contribution in [0.15, 0.2) is 0 Å². The van der Waals surface area contributed by atoms with Crippen LogP contribution in [-0.2, 0) is 36.1 Å². The smallest absolute Gasteiger partial charge is 0.478 e. The maximum Gasteiger partial charge on any atom is 0.478 e. The van der Waals surface area contributed by atoms with Crippen LogP contribution in [0.3, 0.4) is 0 Å². The molecule has 23 heavy (non-hydrogen) atoms. The van der Waals surface area contributed by atoms with Crippen LogP contribution in [0.4, 0.5) is 0 Å². The summed E-state index contributed by atoms with van der Waals surface area (Å²) in [6.07, 6.45) is -4.43. The van der Waals surface area contributed by atoms with E-state index in [1.807, 2.05) is 0 Å². The van der Waals surface area contributed by atoms with Gasteiger partial charge in [0, 0.05) is 13.1 Å². The molecule has 1 aliphatic rings. The Bertz CT molecular complexity index is 554. The van der Waals surface area contributed by atoms with Crippen LogP contribution in [0.25, 0.3) is 0 Å². The number of aliphatic hydroxyl groups is 2. The minimum absolute atomic E-state index is 0.580. The molecule has 0 aliphatic carbocycles. The van der Waals surface area contributed by atoms with Crippen molar-refractivity contribution >= 4 is 31.3 Å². The van der Waals surface area contributed by atoms with E-state index in [0.29, 0.717) is 7.11 Å². The second-order valence-electron chi connectivity index (χ2n) is 4.12. The summed E-state index contributed by atoms with van der Waals surface area (Å²) in [5.41, 5.74) is 0. The second kappa shape index (κ2) is 7.71. The molecule has 1 aliphatic heterocycles. The first-order valence-electron chi connectivity index (χ1n) is 5.63. The lowest BCUT2D eigenvalue weighted by Crippen LogP contribution is -2.34. The molecular formula is C6H12BO13P3-2. The Balaban J connectivity index is 2.61. The monoisotopic (exact) mass is 396 g/mol. The maximum absolute atomic E-state index is 11.4. The standard InChI is InChI=1S/C6H14BO13P3/c1-16-21(10,11)19-23(14,15)20-22(12,13)17-2-3-4(8)5(9)6(7)18-3/h3-6,8-9H,2H2,1H3,(H,10,11)(H,12,13)(H,14,15)/p-2/t3-,4?,5?,6-/m1/s1. The molecule has 134 valence electrons. The van der Waals surface area contributed by atoms with Crippen molar-refractivity contribution < 1.29 is 61.0 Å². The van der Waals surface area contributed by atoms with Gasteiger partial charge >= 0.3 is 7.82 Å². The number of phosphoric ester groups is 2. The third kappa shape index (κ3) is 6.64. The highest BCUT2D eigenvalue weighted by molar-refractivity contribution is 7.65. The average molecular weight is 396 g/mol. The van der Waals surface area contributed by atoms with Crippen molar-refractivity contribution in [2.75, 3.05) is 13.7 Å². The summed E-state index contributed by atoms with van der Waals surface area (Å²) in [6, 6.07) is -1.29. The Morgan fingerprint density at radius 3 is 2.13 bits per heavy atom. The van der Waals surface area contributed by atoms with Gasteiger partial charge in [-0.25, -0.2) is 13.2 Å². The quantitative estimate of drug-likeness (QED) is 0.283. The van der Waals surface area contributed by atoms with Crippen molar-refractivity contribution in [3.8, 4) is 0 Å². The summed E-state index contributed by atoms with van der Waals surface area (Å²) in [5.74, 6) is 0. The first-order valence-corrected chi connectivity index (χ1v) is 10.1. The molecular weight excluding hydrogens is 384 g/mol. The van der Waals surface area contributed by atoms with Gasteiger partial charge in [-0.1, -0.05) is 0 Å². The Labute approximate surface area is 131 Å². The van der Waals surface area contributed by atoms with Crippen LogP contribution in [0, 0.1) is 0 Å². The van der Waals surface area contributed by atoms with E-state index in [9.17, 15) is 38.6 Å². The number of rotatable bonds is 8. The lowest BCUT2D eigenvalue weighted by Gasteiger charge is -2.30. The molecule has 2 radical (unpaired) electrons. The van der Waals surface area contributed by atoms with Crippen molar-refractivity contribution in [1.82, 2.24) is 0 Å². The van der Waals surface area contributed by atoms with Crippen molar-refractivity contribution in [1.29, 1.82) is 0 Å². The lowest BCUT2D eigenvalue weighted by molar-refractivity contribution is -0.238. The molecule has 17 heteroatoms. The first kappa shape index (κ1) is 21.4. The van der Waals surface area contributed by atoms with Crippen LogP contribution < -0.4 is 9.79 Å². The van der Waals surface area contributed by atoms with Crippen LogP contribution in [0.2, 0.25) is 0 Å². The molecule has 0 aromatic rings. The van der Waals surface area contributed by atoms with E-state index in [0.717, 1.165) is 0 Å². The topological polar surface area (TPSA) is 204 Å². The van der Waals surface area contributed by atoms with E-state index in [1.165, 1.54) is 0 Å². The third-order valence-corrected chi connectivity index (χ3v) is 6.58. The van der Waals surface area contributed by atoms with Gasteiger partial charge in [-0.3, -0.25) is 13.7 Å². The second-order valence-corrected chi connectivity index (χ2v) is 8.78. The minimum atomic E-state index is -5.82. The van der Waals surface area contributed by atoms with E-state index < -0.39 is 54.4 Å². The Hall–Kier alpha value is 0.355. The minimum Gasteiger partial charge on any atom is -0.756 e. The zero-order chi connectivity index (χ0) is 18.1. The van der Waals surface area contributed by atoms with E-state index >= 15 is 0 Å². The zero-order valence-corrected chi connectivity index (χ0v) is 14.0. The van der Waals surface area contributed by atoms with E-state index in [1.54, 1.807) is 0 Å². The summed E-state index contributed by atoms with van der Waals surface area (Å²) >= 11 is 0. The fraction of sp³-hybridized carbons (Fsp3) is 1.00. The summed E-state index contributed by atoms with van der Waals surface area (Å²) in [7, 11) is -10.7. The number of hydrogen-bond acceptors (Lipinski definition) is 12. The van der Waals surface area contributed by atoms with E-state index in [-0.39, 0.29) is 0 Å². The predicted octanol–water partition coefficient (Wildman–Crippen LogP) is -2.66. The fourth-order valence-corrected chi connectivity index (χ4v) is 4.57. The van der Waals surface area contributed by atoms with Gasteiger partial charge in [0.1, 0.15) is 20.1 Å². The number of ether oxygens (including phenoxy) is 1. The molecule has 1 saturated heterocycles. The van der Waals surface area contributed by atoms with Gasteiger partial charge in [-0.2, -0.15) is 0 Å². The van der Waals surface area contributed by atoms with E-state index in [2.05, 4.69) is 17.7 Å². The average Bonchev–Trinajstić information content (AvgIpc) is 2.61. The summed E-state index contributed by atoms with van der Waals surface area (Å²) in [5, 5.41) is 18.8. The molecule has 1 heterocycles. The highest BCUT2D eigenvalue weighted by atomic mass is 31.3. The highest BCUT2D eigenvalue weighted by Crippen LogP contribution is 2.64. The van der Waals surface area contributed by atoms with Gasteiger partial charge in [-0.05, 0) is 0 Å². The molecule has 0 aromatic carbocycles. The van der Waals surface area contributed by atoms with Gasteiger partial charge in [-0.15, -0.1) is 0 Å². The normalized spacial score (nSPS) is 36.1. The van der Waals surface area contributed by atoms with Crippen molar-refractivity contribution in [2.45, 2.75) is 24.3 Å². The van der Waals surface area contributed by atoms with Crippen molar-refractivity contribution in [2.24, 2.45) is 0 Å². The molecule has 0 amide bonds. The summed E-state index contributed by atoms with van der Waals surface area (Å²) in [6.45, 7) is -0.904. The van der Waals surface area contributed by atoms with Crippen LogP contribution in [0.1, 0.15) is 0 Å². The van der Waals surface area contributed by atoms with Gasteiger partial charge in [0.05, 0.1) is 12.7 Å². The molecule has 1 fully saturated rings. The van der Waals surface area contributed by atoms with Crippen LogP contribution in [-0.4, -0.2) is 61.0 Å². The SMILES string of the molecule is [B][C@@H]1O[C@H](COP(=O)(O)OP(=O)([O-])OP(=O)([O-])OC)C(O)C1O. The fourth-order valence-electron chi connectivity index (χ4n) is 1.40. The Morgan fingerprint density at radius 2 is 1.70 bits per heavy atom. The van der Waals surface area contributed by atoms with Crippen LogP contribution in [0.5, 0.6) is 0 Å². The first-order chi connectivity index (χ1) is 10.3.